The molecule has 14 nitrogen and oxygen atoms in total. The van der Waals surface area contributed by atoms with E-state index in [1.165, 1.54) is 42.5 Å². The zero-order valence-electron chi connectivity index (χ0n) is 24.1. The molecule has 2 aliphatic rings. The number of β-amino-alcohol motifs (C(OH)–C–C–N with tert-alkyl or cyclic N) is 2. The summed E-state index contributed by atoms with van der Waals surface area (Å²) in [6, 6.07) is 8.44. The van der Waals surface area contributed by atoms with Crippen LogP contribution >= 0.6 is 0 Å². The molecule has 5 rings (SSSR count). The maximum Gasteiger partial charge on any atom is 0.336 e. The number of allylic oxidation sites excluding steroid dienone is 1. The number of terminal acetylenes is 2. The van der Waals surface area contributed by atoms with Crippen molar-refractivity contribution in [3.8, 4) is 24.7 Å². The first kappa shape index (κ1) is 33.8. The minimum absolute atomic E-state index is 0. The van der Waals surface area contributed by atoms with Crippen molar-refractivity contribution in [2.45, 2.75) is 39.3 Å². The Morgan fingerprint density at radius 2 is 0.979 bits per heavy atom. The molecule has 2 unspecified atom stereocenters. The predicted molar refractivity (Wildman–Crippen MR) is 168 cm³/mol. The third kappa shape index (κ3) is 5.86. The quantitative estimate of drug-likeness (QED) is 0.164. The van der Waals surface area contributed by atoms with Crippen molar-refractivity contribution >= 4 is 23.6 Å². The van der Waals surface area contributed by atoms with Crippen LogP contribution in [-0.4, -0.2) is 82.6 Å². The number of aromatic nitrogens is 3. The molecule has 2 aliphatic heterocycles. The number of amides is 4. The van der Waals surface area contributed by atoms with Crippen molar-refractivity contribution in [1.82, 2.24) is 23.5 Å². The van der Waals surface area contributed by atoms with Gasteiger partial charge in [-0.2, -0.15) is 0 Å². The van der Waals surface area contributed by atoms with Gasteiger partial charge in [0.05, 0.1) is 67.2 Å². The van der Waals surface area contributed by atoms with E-state index in [-0.39, 0.29) is 36.2 Å². The van der Waals surface area contributed by atoms with Crippen LogP contribution in [0.5, 0.6) is 0 Å². The number of fused-ring (bicyclic) bond motifs is 2. The highest BCUT2D eigenvalue weighted by molar-refractivity contribution is 6.22. The number of carbonyl (C=O) groups is 4. The lowest BCUT2D eigenvalue weighted by Gasteiger charge is -2.21. The molecular formula is C33H29N5O9. The van der Waals surface area contributed by atoms with Crippen LogP contribution in [-0.2, 0) is 19.6 Å². The molecule has 14 heteroatoms. The van der Waals surface area contributed by atoms with Gasteiger partial charge in [0.25, 0.3) is 23.6 Å². The van der Waals surface area contributed by atoms with Crippen LogP contribution in [0.2, 0.25) is 0 Å². The van der Waals surface area contributed by atoms with Gasteiger partial charge in [-0.05, 0) is 36.4 Å². The Hall–Kier alpha value is -6.09. The molecule has 0 aliphatic carbocycles. The van der Waals surface area contributed by atoms with E-state index in [9.17, 15) is 43.8 Å². The lowest BCUT2D eigenvalue weighted by Crippen LogP contribution is -2.57. The topological polar surface area (TPSA) is 181 Å². The summed E-state index contributed by atoms with van der Waals surface area (Å²) in [5, 5.41) is 21.6. The van der Waals surface area contributed by atoms with E-state index in [2.05, 4.69) is 18.4 Å². The fourth-order valence-electron chi connectivity index (χ4n) is 5.33. The summed E-state index contributed by atoms with van der Waals surface area (Å²) in [6.07, 6.45) is 8.68. The largest absolute Gasteiger partial charge is 0.389 e. The van der Waals surface area contributed by atoms with Crippen LogP contribution in [0.4, 0.5) is 0 Å². The van der Waals surface area contributed by atoms with Crippen molar-refractivity contribution in [3.05, 3.63) is 114 Å². The molecule has 0 radical (unpaired) electrons. The van der Waals surface area contributed by atoms with E-state index in [4.69, 9.17) is 12.8 Å². The number of hydrogen-bond donors (Lipinski definition) is 2. The number of imide groups is 2. The minimum Gasteiger partial charge on any atom is -0.389 e. The average Bonchev–Trinajstić information content (AvgIpc) is 3.42. The van der Waals surface area contributed by atoms with Crippen LogP contribution < -0.4 is 17.1 Å². The van der Waals surface area contributed by atoms with Gasteiger partial charge in [0.15, 0.2) is 0 Å². The summed E-state index contributed by atoms with van der Waals surface area (Å²) in [4.78, 5) is 92.7. The first-order valence-corrected chi connectivity index (χ1v) is 13.8. The van der Waals surface area contributed by atoms with Gasteiger partial charge in [-0.1, -0.05) is 25.3 Å². The highest BCUT2D eigenvalue weighted by Crippen LogP contribution is 2.25. The summed E-state index contributed by atoms with van der Waals surface area (Å²) < 4.78 is 1.65. The Bertz CT molecular complexity index is 1980. The molecule has 3 heterocycles. The maximum absolute atomic E-state index is 13.4. The van der Waals surface area contributed by atoms with Crippen LogP contribution in [0, 0.1) is 24.7 Å². The van der Waals surface area contributed by atoms with Gasteiger partial charge in [0.2, 0.25) is 0 Å². The second-order valence-corrected chi connectivity index (χ2v) is 10.5. The molecule has 2 aromatic carbocycles. The fourth-order valence-corrected chi connectivity index (χ4v) is 5.33. The van der Waals surface area contributed by atoms with Gasteiger partial charge in [-0.3, -0.25) is 29.0 Å². The SMILES string of the molecule is C.C#Cc1ccc2c(c1)C(=O)N(CC(O)Cn1c(=O)n(CC=C)c(=O)n(CC(O)CN3C(=O)c4ccc(C#C)cc4C3=O)c1=O)C2=O. The molecule has 3 aromatic rings. The molecule has 0 spiro atoms. The van der Waals surface area contributed by atoms with Crippen molar-refractivity contribution < 1.29 is 29.4 Å². The molecule has 0 fully saturated rings. The van der Waals surface area contributed by atoms with Gasteiger partial charge in [0, 0.05) is 11.1 Å². The van der Waals surface area contributed by atoms with Crippen molar-refractivity contribution in [1.29, 1.82) is 0 Å². The highest BCUT2D eigenvalue weighted by Gasteiger charge is 2.38. The molecule has 1 aromatic heterocycles. The molecule has 240 valence electrons. The Morgan fingerprint density at radius 1 is 0.617 bits per heavy atom. The number of rotatable bonds is 10. The number of aliphatic hydroxyl groups excluding tert-OH is 2. The summed E-state index contributed by atoms with van der Waals surface area (Å²) in [6.45, 7) is 0.445. The molecule has 0 bridgehead atoms. The van der Waals surface area contributed by atoms with Crippen LogP contribution in [0.25, 0.3) is 0 Å². The number of hydrogen-bond acceptors (Lipinski definition) is 9. The molecule has 4 amide bonds. The molecule has 47 heavy (non-hydrogen) atoms. The van der Waals surface area contributed by atoms with E-state index in [0.29, 0.717) is 24.8 Å². The second-order valence-electron chi connectivity index (χ2n) is 10.5. The summed E-state index contributed by atoms with van der Waals surface area (Å²) >= 11 is 0. The average molecular weight is 640 g/mol. The van der Waals surface area contributed by atoms with E-state index >= 15 is 0 Å². The number of benzene rings is 2. The molecule has 0 saturated carbocycles. The van der Waals surface area contributed by atoms with Crippen LogP contribution in [0.1, 0.15) is 60.0 Å². The van der Waals surface area contributed by atoms with Gasteiger partial charge in [0.1, 0.15) is 0 Å². The normalized spacial score (nSPS) is 14.6. The second kappa shape index (κ2) is 13.1. The first-order chi connectivity index (χ1) is 21.9. The molecule has 0 saturated heterocycles. The van der Waals surface area contributed by atoms with Gasteiger partial charge >= 0.3 is 17.1 Å². The lowest BCUT2D eigenvalue weighted by atomic mass is 10.1. The van der Waals surface area contributed by atoms with E-state index < -0.39 is 79.1 Å². The summed E-state index contributed by atoms with van der Waals surface area (Å²) in [5.41, 5.74) is -2.53. The Balaban J connectivity index is 0.00000500. The number of nitrogens with zero attached hydrogens (tertiary/aromatic N) is 5. The smallest absolute Gasteiger partial charge is 0.336 e. The fraction of sp³-hybridized carbons (Fsp3) is 0.242. The van der Waals surface area contributed by atoms with Crippen molar-refractivity contribution in [2.75, 3.05) is 13.1 Å². The first-order valence-electron chi connectivity index (χ1n) is 13.8. The van der Waals surface area contributed by atoms with Gasteiger partial charge in [-0.25, -0.2) is 28.1 Å². The third-order valence-corrected chi connectivity index (χ3v) is 7.55. The van der Waals surface area contributed by atoms with E-state index in [1.807, 2.05) is 0 Å². The molecular weight excluding hydrogens is 610 g/mol. The monoisotopic (exact) mass is 639 g/mol. The molecule has 2 N–H and O–H groups in total. The summed E-state index contributed by atoms with van der Waals surface area (Å²) in [7, 11) is 0. The standard InChI is InChI=1S/C32H25N5O9.CH4/c1-4-11-33-30(44)36(16-20(38)14-34-26(40)22-9-7-18(5-2)12-24(22)28(34)42)32(46)37(31(33)45)17-21(39)15-35-27(41)23-10-8-19(6-3)13-25(23)29(35)43;/h2-4,7-10,12-13,20-21,38-39H,1,11,14-17H2;1H4. The van der Waals surface area contributed by atoms with Crippen LogP contribution in [0.3, 0.4) is 0 Å². The lowest BCUT2D eigenvalue weighted by molar-refractivity contribution is 0.0509. The van der Waals surface area contributed by atoms with Gasteiger partial charge in [-0.15, -0.1) is 19.4 Å². The number of carbonyl (C=O) groups excluding carboxylic acids is 4. The van der Waals surface area contributed by atoms with E-state index in [1.54, 1.807) is 0 Å². The van der Waals surface area contributed by atoms with E-state index in [0.717, 1.165) is 9.80 Å². The Morgan fingerprint density at radius 3 is 1.34 bits per heavy atom. The highest BCUT2D eigenvalue weighted by atomic mass is 16.3. The third-order valence-electron chi connectivity index (χ3n) is 7.55. The van der Waals surface area contributed by atoms with Crippen molar-refractivity contribution in [2.24, 2.45) is 0 Å². The Labute approximate surface area is 267 Å². The van der Waals surface area contributed by atoms with Crippen LogP contribution in [0.15, 0.2) is 63.4 Å². The number of aliphatic hydroxyl groups is 2. The van der Waals surface area contributed by atoms with Crippen molar-refractivity contribution in [3.63, 3.8) is 0 Å². The summed E-state index contributed by atoms with van der Waals surface area (Å²) in [5.74, 6) is 1.84. The Kier molecular flexibility index (Phi) is 9.42. The predicted octanol–water partition coefficient (Wildman–Crippen LogP) is -0.729. The zero-order valence-corrected chi connectivity index (χ0v) is 24.1. The maximum atomic E-state index is 13.4. The molecule has 2 atom stereocenters. The minimum atomic E-state index is -1.64. The zero-order chi connectivity index (χ0) is 33.4. The van der Waals surface area contributed by atoms with Gasteiger partial charge < -0.3 is 10.2 Å².